The zero-order chi connectivity index (χ0) is 53.7. The highest BCUT2D eigenvalue weighted by Gasteiger charge is 2.36. The van der Waals surface area contributed by atoms with Crippen LogP contribution in [0.15, 0.2) is 0 Å². The summed E-state index contributed by atoms with van der Waals surface area (Å²) in [5, 5.41) is 56.4. The van der Waals surface area contributed by atoms with Crippen molar-refractivity contribution in [2.75, 3.05) is 42.1 Å². The van der Waals surface area contributed by atoms with E-state index in [2.05, 4.69) is 62.5 Å². The second-order valence-electron chi connectivity index (χ2n) is 15.1. The number of thiol groups is 2. The Hall–Kier alpha value is -5.57. The summed E-state index contributed by atoms with van der Waals surface area (Å²) in [5.41, 5.74) is 16.2. The lowest BCUT2D eigenvalue weighted by Gasteiger charge is -2.27. The van der Waals surface area contributed by atoms with E-state index in [9.17, 15) is 82.8 Å². The van der Waals surface area contributed by atoms with Gasteiger partial charge < -0.3 is 80.2 Å². The van der Waals surface area contributed by atoms with E-state index in [0.717, 1.165) is 0 Å². The van der Waals surface area contributed by atoms with Gasteiger partial charge in [0.1, 0.15) is 48.3 Å². The Bertz CT molecular complexity index is 1870. The number of primary amides is 2. The van der Waals surface area contributed by atoms with E-state index in [1.54, 1.807) is 12.5 Å². The van der Waals surface area contributed by atoms with Crippen LogP contribution in [0.1, 0.15) is 57.8 Å². The molecule has 0 saturated carbocycles. The highest BCUT2D eigenvalue weighted by Crippen LogP contribution is 2.09. The molecule has 70 heavy (non-hydrogen) atoms. The van der Waals surface area contributed by atoms with Gasteiger partial charge in [-0.05, 0) is 56.1 Å². The molecule has 18 N–H and O–H groups in total. The fraction of sp³-hybridized carbons (Fsp3) is 0.658. The Morgan fingerprint density at radius 3 is 1.07 bits per heavy atom. The molecule has 0 bridgehead atoms. The summed E-state index contributed by atoms with van der Waals surface area (Å²) >= 11 is 10.4. The molecule has 0 aliphatic rings. The predicted octanol–water partition coefficient (Wildman–Crippen LogP) is -6.49. The highest BCUT2D eigenvalue weighted by atomic mass is 32.2. The zero-order valence-corrected chi connectivity index (χ0v) is 41.6. The van der Waals surface area contributed by atoms with Crippen molar-refractivity contribution in [1.29, 1.82) is 0 Å². The van der Waals surface area contributed by atoms with Gasteiger partial charge in [-0.3, -0.25) is 57.5 Å². The van der Waals surface area contributed by atoms with Gasteiger partial charge in [-0.2, -0.15) is 48.8 Å². The molecule has 0 fully saturated rings. The topological polar surface area (TPSA) is 477 Å². The van der Waals surface area contributed by atoms with Gasteiger partial charge in [-0.15, -0.1) is 0 Å². The number of carbonyl (C=O) groups is 13. The molecular formula is C38H63N11O17S4. The first-order valence-corrected chi connectivity index (χ1v) is 25.1. The van der Waals surface area contributed by atoms with Crippen LogP contribution < -0.4 is 59.7 Å². The Morgan fingerprint density at radius 2 is 0.757 bits per heavy atom. The minimum atomic E-state index is -2.10. The van der Waals surface area contributed by atoms with Crippen LogP contribution in [-0.4, -0.2) is 194 Å². The van der Waals surface area contributed by atoms with Crippen LogP contribution >= 0.6 is 48.8 Å². The van der Waals surface area contributed by atoms with Crippen LogP contribution in [0.4, 0.5) is 0 Å². The second kappa shape index (κ2) is 34.7. The van der Waals surface area contributed by atoms with Crippen molar-refractivity contribution in [2.45, 2.75) is 112 Å². The number of hydrogen-bond donors (Lipinski definition) is 17. The summed E-state index contributed by atoms with van der Waals surface area (Å²) in [6, 6.07) is -14.6. The van der Waals surface area contributed by atoms with Crippen molar-refractivity contribution < 1.29 is 82.8 Å². The first-order chi connectivity index (χ1) is 32.8. The summed E-state index contributed by atoms with van der Waals surface area (Å²) in [6.45, 7) is -1.19. The Kier molecular flexibility index (Phi) is 31.9. The zero-order valence-electron chi connectivity index (χ0n) is 38.1. The summed E-state index contributed by atoms with van der Waals surface area (Å²) < 4.78 is 0. The number of carboxylic acids is 3. The maximum Gasteiger partial charge on any atom is 0.327 e. The molecule has 0 radical (unpaired) electrons. The molecule has 10 amide bonds. The standard InChI is InChI=1S/C38H63N11O17S4/c1-69-11-9-21(42-30(57)17(39)15-67)34(61)43-19(4-7-27(41)52)33(60)48-24(14-50)37(64)45-20(5-8-28(53)54)32(59)47-23(13-29(55)56)36(63)44-18(3-6-26(40)51)31(58)46-22(10-12-70-2)35(62)49-25(16-68)38(65)66/h17-25,50,67-68H,3-16,39H2,1-2H3,(H2,40,51)(H2,41,52)(H,42,57)(H,43,61)(H,44,63)(H,45,64)(H,46,58)(H,47,59)(H,48,60)(H,49,62)(H,53,54)(H,55,56)(H,65,66)/t17-,18-,19-,20-,21-,22-,23-,24-,25-/m0/s1. The lowest BCUT2D eigenvalue weighted by atomic mass is 10.1. The van der Waals surface area contributed by atoms with E-state index in [1.165, 1.54) is 23.5 Å². The van der Waals surface area contributed by atoms with Crippen molar-refractivity contribution in [3.05, 3.63) is 0 Å². The van der Waals surface area contributed by atoms with Gasteiger partial charge in [0.2, 0.25) is 59.1 Å². The number of thioether (sulfide) groups is 2. The number of amides is 10. The largest absolute Gasteiger partial charge is 0.481 e. The molecular weight excluding hydrogens is 1010 g/mol. The first kappa shape index (κ1) is 64.4. The van der Waals surface area contributed by atoms with Crippen LogP contribution in [0.2, 0.25) is 0 Å². The normalized spacial score (nSPS) is 14.7. The number of nitrogens with one attached hydrogen (secondary N) is 8. The van der Waals surface area contributed by atoms with Crippen molar-refractivity contribution in [3.63, 3.8) is 0 Å². The summed E-state index contributed by atoms with van der Waals surface area (Å²) in [7, 11) is 0. The molecule has 0 spiro atoms. The summed E-state index contributed by atoms with van der Waals surface area (Å²) in [5.74, 6) is -15.3. The number of aliphatic hydroxyl groups is 1. The molecule has 0 aliphatic carbocycles. The van der Waals surface area contributed by atoms with E-state index in [0.29, 0.717) is 5.75 Å². The number of carbonyl (C=O) groups excluding carboxylic acids is 10. The minimum Gasteiger partial charge on any atom is -0.481 e. The fourth-order valence-electron chi connectivity index (χ4n) is 5.69. The van der Waals surface area contributed by atoms with Crippen molar-refractivity contribution in [1.82, 2.24) is 42.5 Å². The molecule has 9 atom stereocenters. The molecule has 32 heteroatoms. The lowest BCUT2D eigenvalue weighted by molar-refractivity contribution is -0.141. The number of carboxylic acid groups (broad SMARTS) is 3. The second-order valence-corrected chi connectivity index (χ2v) is 17.8. The molecule has 396 valence electrons. The molecule has 0 aromatic carbocycles. The van der Waals surface area contributed by atoms with E-state index in [1.807, 2.05) is 5.32 Å². The van der Waals surface area contributed by atoms with E-state index in [-0.39, 0.29) is 30.1 Å². The van der Waals surface area contributed by atoms with E-state index in [4.69, 9.17) is 17.2 Å². The third kappa shape index (κ3) is 25.9. The van der Waals surface area contributed by atoms with Gasteiger partial charge in [0.15, 0.2) is 0 Å². The maximum absolute atomic E-state index is 13.7. The summed E-state index contributed by atoms with van der Waals surface area (Å²) in [6.07, 6.45) is -1.41. The number of aliphatic carboxylic acids is 3. The number of rotatable bonds is 37. The van der Waals surface area contributed by atoms with Crippen LogP contribution in [0.5, 0.6) is 0 Å². The number of aliphatic hydroxyl groups excluding tert-OH is 1. The molecule has 0 aliphatic heterocycles. The van der Waals surface area contributed by atoms with Gasteiger partial charge in [-0.25, -0.2) is 4.79 Å². The number of hydrogen-bond acceptors (Lipinski definition) is 19. The monoisotopic (exact) mass is 1070 g/mol. The lowest BCUT2D eigenvalue weighted by Crippen LogP contribution is -2.61. The smallest absolute Gasteiger partial charge is 0.327 e. The third-order valence-electron chi connectivity index (χ3n) is 9.55. The molecule has 0 saturated heterocycles. The van der Waals surface area contributed by atoms with Crippen LogP contribution in [0, 0.1) is 0 Å². The van der Waals surface area contributed by atoms with Gasteiger partial charge in [0.25, 0.3) is 0 Å². The van der Waals surface area contributed by atoms with Crippen molar-refractivity contribution in [2.24, 2.45) is 17.2 Å². The van der Waals surface area contributed by atoms with Crippen LogP contribution in [0.25, 0.3) is 0 Å². The number of nitrogens with two attached hydrogens (primary N) is 3. The third-order valence-corrected chi connectivity index (χ3v) is 11.6. The summed E-state index contributed by atoms with van der Waals surface area (Å²) in [4.78, 5) is 165. The quantitative estimate of drug-likeness (QED) is 0.0257. The molecule has 0 aromatic rings. The van der Waals surface area contributed by atoms with Gasteiger partial charge in [0.05, 0.1) is 19.1 Å². The van der Waals surface area contributed by atoms with Crippen molar-refractivity contribution >= 4 is 126 Å². The average molecular weight is 1070 g/mol. The molecule has 28 nitrogen and oxygen atoms in total. The highest BCUT2D eigenvalue weighted by molar-refractivity contribution is 7.98. The van der Waals surface area contributed by atoms with Gasteiger partial charge in [0, 0.05) is 30.8 Å². The van der Waals surface area contributed by atoms with E-state index >= 15 is 0 Å². The van der Waals surface area contributed by atoms with Gasteiger partial charge >= 0.3 is 17.9 Å². The first-order valence-electron chi connectivity index (χ1n) is 21.1. The SMILES string of the molecule is CSCC[C@H](NC(=O)[C@H](CCC(N)=O)NC(=O)[C@H](CC(=O)O)NC(=O)[C@H](CCC(=O)O)NC(=O)[C@H](CO)NC(=O)[C@H](CCC(N)=O)NC(=O)[C@H](CCSC)NC(=O)[C@@H](N)CS)C(=O)N[C@@H](CS)C(=O)O. The maximum atomic E-state index is 13.7. The Balaban J connectivity index is 6.61. The van der Waals surface area contributed by atoms with Crippen LogP contribution in [0.3, 0.4) is 0 Å². The minimum absolute atomic E-state index is 0.0535. The van der Waals surface area contributed by atoms with Gasteiger partial charge in [-0.1, -0.05) is 0 Å². The Labute approximate surface area is 420 Å². The molecule has 0 aromatic heterocycles. The molecule has 0 unspecified atom stereocenters. The Morgan fingerprint density at radius 1 is 0.443 bits per heavy atom. The molecule has 0 rings (SSSR count). The predicted molar refractivity (Wildman–Crippen MR) is 258 cm³/mol. The van der Waals surface area contributed by atoms with Crippen molar-refractivity contribution in [3.8, 4) is 0 Å². The average Bonchev–Trinajstić information content (AvgIpc) is 3.29. The van der Waals surface area contributed by atoms with Crippen LogP contribution in [-0.2, 0) is 62.3 Å². The molecule has 0 heterocycles. The van der Waals surface area contributed by atoms with E-state index < -0.39 is 183 Å². The fourth-order valence-corrected chi connectivity index (χ4v) is 7.04.